The molecule has 0 bridgehead atoms. The Kier molecular flexibility index (Phi) is 5.88. The van der Waals surface area contributed by atoms with Gasteiger partial charge in [0.2, 0.25) is 0 Å². The second-order valence-electron chi connectivity index (χ2n) is 3.45. The molecule has 0 heterocycles. The van der Waals surface area contributed by atoms with Gasteiger partial charge >= 0.3 is 0 Å². The quantitative estimate of drug-likeness (QED) is 0.478. The molecule has 0 N–H and O–H groups in total. The van der Waals surface area contributed by atoms with Crippen LogP contribution in [0.25, 0.3) is 0 Å². The normalized spacial score (nSPS) is 10.5. The van der Waals surface area contributed by atoms with Crippen LogP contribution in [0, 0.1) is 0 Å². The van der Waals surface area contributed by atoms with Crippen molar-refractivity contribution in [2.75, 3.05) is 14.1 Å². The fourth-order valence-corrected chi connectivity index (χ4v) is 1.92. The third-order valence-corrected chi connectivity index (χ3v) is 3.90. The molecule has 1 aromatic carbocycles. The lowest BCUT2D eigenvalue weighted by molar-refractivity contribution is 0.104. The van der Waals surface area contributed by atoms with Crippen molar-refractivity contribution in [1.29, 1.82) is 0 Å². The molecule has 17 heavy (non-hydrogen) atoms. The average molecular weight is 330 g/mol. The minimum Gasteiger partial charge on any atom is -0.363 e. The Morgan fingerprint density at radius 3 is 2.47 bits per heavy atom. The van der Waals surface area contributed by atoms with Crippen LogP contribution in [0.15, 0.2) is 40.2 Å². The third kappa shape index (κ3) is 5.02. The van der Waals surface area contributed by atoms with Gasteiger partial charge in [-0.3, -0.25) is 4.79 Å². The van der Waals surface area contributed by atoms with E-state index in [0.29, 0.717) is 5.56 Å². The van der Waals surface area contributed by atoms with Gasteiger partial charge in [-0.25, -0.2) is 0 Å². The van der Waals surface area contributed by atoms with Gasteiger partial charge in [-0.15, -0.1) is 0 Å². The standard InChI is InChI=1S/C12H12BrNOS2/c1-14(2)12(16)17-8-7-11(15)9-3-5-10(13)6-4-9/h3-8H,1-2H3/b8-7+. The molecule has 0 saturated carbocycles. The molecule has 2 nitrogen and oxygen atoms in total. The SMILES string of the molecule is CN(C)C(=S)S/C=C/C(=O)c1ccc(Br)cc1. The highest BCUT2D eigenvalue weighted by molar-refractivity contribution is 9.10. The summed E-state index contributed by atoms with van der Waals surface area (Å²) in [5, 5.41) is 1.71. The first-order valence-corrected chi connectivity index (χ1v) is 6.93. The molecule has 1 rings (SSSR count). The van der Waals surface area contributed by atoms with E-state index in [1.807, 2.05) is 31.1 Å². The summed E-state index contributed by atoms with van der Waals surface area (Å²) in [6.07, 6.45) is 1.53. The zero-order valence-electron chi connectivity index (χ0n) is 9.51. The van der Waals surface area contributed by atoms with Gasteiger partial charge in [-0.2, -0.15) is 0 Å². The lowest BCUT2D eigenvalue weighted by Gasteiger charge is -2.09. The molecule has 0 amide bonds. The average Bonchev–Trinajstić information content (AvgIpc) is 2.29. The number of thiocarbonyl (C=S) groups is 1. The maximum Gasteiger partial charge on any atom is 0.186 e. The molecular weight excluding hydrogens is 318 g/mol. The molecule has 5 heteroatoms. The van der Waals surface area contributed by atoms with Crippen LogP contribution in [0.2, 0.25) is 0 Å². The zero-order valence-corrected chi connectivity index (χ0v) is 12.7. The monoisotopic (exact) mass is 329 g/mol. The van der Waals surface area contributed by atoms with Crippen molar-refractivity contribution in [3.63, 3.8) is 0 Å². The van der Waals surface area contributed by atoms with Crippen molar-refractivity contribution in [3.8, 4) is 0 Å². The topological polar surface area (TPSA) is 20.3 Å². The summed E-state index contributed by atoms with van der Waals surface area (Å²) in [5.41, 5.74) is 0.667. The highest BCUT2D eigenvalue weighted by Crippen LogP contribution is 2.13. The minimum absolute atomic E-state index is 0.0217. The summed E-state index contributed by atoms with van der Waals surface area (Å²) in [5.74, 6) is -0.0217. The minimum atomic E-state index is -0.0217. The summed E-state index contributed by atoms with van der Waals surface area (Å²) in [7, 11) is 3.75. The lowest BCUT2D eigenvalue weighted by atomic mass is 10.1. The Hall–Kier alpha value is -0.650. The van der Waals surface area contributed by atoms with Crippen LogP contribution >= 0.6 is 39.9 Å². The van der Waals surface area contributed by atoms with Crippen LogP contribution in [0.1, 0.15) is 10.4 Å². The van der Waals surface area contributed by atoms with Crippen LogP contribution in [-0.4, -0.2) is 29.1 Å². The van der Waals surface area contributed by atoms with E-state index < -0.39 is 0 Å². The van der Waals surface area contributed by atoms with Gasteiger partial charge in [0.15, 0.2) is 5.78 Å². The fraction of sp³-hybridized carbons (Fsp3) is 0.167. The largest absolute Gasteiger partial charge is 0.363 e. The molecule has 1 aromatic rings. The highest BCUT2D eigenvalue weighted by atomic mass is 79.9. The van der Waals surface area contributed by atoms with Gasteiger partial charge in [0.05, 0.1) is 0 Å². The Balaban J connectivity index is 2.58. The summed E-state index contributed by atoms with van der Waals surface area (Å²) >= 11 is 9.77. The predicted octanol–water partition coefficient (Wildman–Crippen LogP) is 3.73. The van der Waals surface area contributed by atoms with E-state index >= 15 is 0 Å². The first-order chi connectivity index (χ1) is 8.00. The van der Waals surface area contributed by atoms with E-state index in [4.69, 9.17) is 12.2 Å². The van der Waals surface area contributed by atoms with Crippen LogP contribution < -0.4 is 0 Å². The van der Waals surface area contributed by atoms with Crippen molar-refractivity contribution in [2.45, 2.75) is 0 Å². The number of ketones is 1. The van der Waals surface area contributed by atoms with Gasteiger partial charge in [0.25, 0.3) is 0 Å². The highest BCUT2D eigenvalue weighted by Gasteiger charge is 2.01. The summed E-state index contributed by atoms with van der Waals surface area (Å²) in [6.45, 7) is 0. The van der Waals surface area contributed by atoms with E-state index in [-0.39, 0.29) is 5.78 Å². The number of hydrogen-bond donors (Lipinski definition) is 0. The van der Waals surface area contributed by atoms with Crippen molar-refractivity contribution >= 4 is 50.0 Å². The number of thioether (sulfide) groups is 1. The van der Waals surface area contributed by atoms with Gasteiger partial charge in [-0.05, 0) is 35.7 Å². The van der Waals surface area contributed by atoms with Crippen molar-refractivity contribution < 1.29 is 4.79 Å². The van der Waals surface area contributed by atoms with E-state index in [1.54, 1.807) is 17.5 Å². The third-order valence-electron chi connectivity index (χ3n) is 1.88. The van der Waals surface area contributed by atoms with E-state index in [1.165, 1.54) is 17.8 Å². The molecule has 0 aliphatic heterocycles. The number of carbonyl (C=O) groups excluding carboxylic acids is 1. The number of hydrogen-bond acceptors (Lipinski definition) is 3. The molecule has 0 atom stereocenters. The second-order valence-corrected chi connectivity index (χ2v) is 5.91. The number of nitrogens with zero attached hydrogens (tertiary/aromatic N) is 1. The van der Waals surface area contributed by atoms with E-state index in [2.05, 4.69) is 15.9 Å². The van der Waals surface area contributed by atoms with Gasteiger partial charge in [-0.1, -0.05) is 39.9 Å². The molecule has 0 radical (unpaired) electrons. The smallest absolute Gasteiger partial charge is 0.186 e. The number of halogens is 1. The number of rotatable bonds is 3. The molecule has 0 spiro atoms. The van der Waals surface area contributed by atoms with Crippen LogP contribution in [-0.2, 0) is 0 Å². The van der Waals surface area contributed by atoms with E-state index in [9.17, 15) is 4.79 Å². The summed E-state index contributed by atoms with van der Waals surface area (Å²) < 4.78 is 1.69. The lowest BCUT2D eigenvalue weighted by Crippen LogP contribution is -2.15. The first kappa shape index (κ1) is 14.4. The maximum atomic E-state index is 11.7. The molecule has 0 unspecified atom stereocenters. The van der Waals surface area contributed by atoms with Gasteiger partial charge < -0.3 is 4.90 Å². The van der Waals surface area contributed by atoms with Crippen LogP contribution in [0.3, 0.4) is 0 Å². The summed E-state index contributed by atoms with van der Waals surface area (Å²) in [6, 6.07) is 7.26. The van der Waals surface area contributed by atoms with E-state index in [0.717, 1.165) is 8.79 Å². The summed E-state index contributed by atoms with van der Waals surface area (Å²) in [4.78, 5) is 13.6. The molecular formula is C12H12BrNOS2. The van der Waals surface area contributed by atoms with Crippen molar-refractivity contribution in [3.05, 3.63) is 45.8 Å². The van der Waals surface area contributed by atoms with Crippen molar-refractivity contribution in [1.82, 2.24) is 4.90 Å². The number of benzene rings is 1. The number of carbonyl (C=O) groups is 1. The molecule has 90 valence electrons. The Bertz CT molecular complexity index is 440. The van der Waals surface area contributed by atoms with Gasteiger partial charge in [0, 0.05) is 24.1 Å². The molecule has 0 aliphatic carbocycles. The van der Waals surface area contributed by atoms with Crippen molar-refractivity contribution in [2.24, 2.45) is 0 Å². The molecule has 0 fully saturated rings. The van der Waals surface area contributed by atoms with Crippen LogP contribution in [0.4, 0.5) is 0 Å². The second kappa shape index (κ2) is 6.93. The molecule has 0 saturated heterocycles. The number of allylic oxidation sites excluding steroid dienone is 1. The Morgan fingerprint density at radius 2 is 1.94 bits per heavy atom. The van der Waals surface area contributed by atoms with Gasteiger partial charge in [0.1, 0.15) is 4.32 Å². The van der Waals surface area contributed by atoms with Crippen LogP contribution in [0.5, 0.6) is 0 Å². The maximum absolute atomic E-state index is 11.7. The zero-order chi connectivity index (χ0) is 12.8. The molecule has 0 aliphatic rings. The predicted molar refractivity (Wildman–Crippen MR) is 81.5 cm³/mol. The first-order valence-electron chi connectivity index (χ1n) is 4.85. The Labute approximate surface area is 119 Å². The molecule has 0 aromatic heterocycles. The Morgan fingerprint density at radius 1 is 1.35 bits per heavy atom. The fourth-order valence-electron chi connectivity index (χ4n) is 0.970.